The second-order valence-electron chi connectivity index (χ2n) is 6.00. The number of rotatable bonds is 8. The number of hydrogen-bond donors (Lipinski definition) is 2. The molecule has 1 fully saturated rings. The summed E-state index contributed by atoms with van der Waals surface area (Å²) in [6, 6.07) is 10.5. The Bertz CT molecular complexity index is 622. The van der Waals surface area contributed by atoms with Crippen molar-refractivity contribution in [2.45, 2.75) is 32.1 Å². The van der Waals surface area contributed by atoms with Crippen LogP contribution in [0.5, 0.6) is 0 Å². The van der Waals surface area contributed by atoms with Crippen LogP contribution < -0.4 is 10.6 Å². The van der Waals surface area contributed by atoms with Gasteiger partial charge in [-0.1, -0.05) is 37.3 Å². The minimum absolute atomic E-state index is 0.137. The summed E-state index contributed by atoms with van der Waals surface area (Å²) in [4.78, 5) is 4.67. The van der Waals surface area contributed by atoms with Crippen molar-refractivity contribution in [1.29, 1.82) is 0 Å². The highest BCUT2D eigenvalue weighted by atomic mass is 32.2. The van der Waals surface area contributed by atoms with Crippen LogP contribution in [-0.2, 0) is 15.3 Å². The smallest absolute Gasteiger partial charge is 0.191 e. The fraction of sp³-hybridized carbons (Fsp3) is 0.588. The van der Waals surface area contributed by atoms with Gasteiger partial charge < -0.3 is 10.6 Å². The van der Waals surface area contributed by atoms with E-state index in [0.717, 1.165) is 25.9 Å². The quantitative estimate of drug-likeness (QED) is 0.560. The average Bonchev–Trinajstić information content (AvgIpc) is 3.34. The molecule has 1 aromatic carbocycles. The molecule has 2 N–H and O–H groups in total. The Morgan fingerprint density at radius 2 is 1.87 bits per heavy atom. The zero-order chi connectivity index (χ0) is 16.8. The zero-order valence-electron chi connectivity index (χ0n) is 14.0. The molecule has 0 spiro atoms. The van der Waals surface area contributed by atoms with E-state index in [1.54, 1.807) is 6.92 Å². The van der Waals surface area contributed by atoms with Gasteiger partial charge >= 0.3 is 0 Å². The summed E-state index contributed by atoms with van der Waals surface area (Å²) in [7, 11) is -2.95. The van der Waals surface area contributed by atoms with Gasteiger partial charge in [-0.3, -0.25) is 4.99 Å². The summed E-state index contributed by atoms with van der Waals surface area (Å²) < 4.78 is 23.1. The summed E-state index contributed by atoms with van der Waals surface area (Å²) in [5.74, 6) is 1.01. The predicted octanol–water partition coefficient (Wildman–Crippen LogP) is 1.71. The molecular formula is C17H27N3O2S. The maximum Gasteiger partial charge on any atom is 0.191 e. The first kappa shape index (κ1) is 17.8. The maximum absolute atomic E-state index is 11.6. The summed E-state index contributed by atoms with van der Waals surface area (Å²) in [5.41, 5.74) is 1.51. The van der Waals surface area contributed by atoms with E-state index in [4.69, 9.17) is 0 Å². The molecule has 0 radical (unpaired) electrons. The fourth-order valence-electron chi connectivity index (χ4n) is 2.52. The van der Waals surface area contributed by atoms with Gasteiger partial charge in [0, 0.05) is 24.3 Å². The van der Waals surface area contributed by atoms with Crippen molar-refractivity contribution in [2.75, 3.05) is 31.1 Å². The van der Waals surface area contributed by atoms with Crippen molar-refractivity contribution in [3.05, 3.63) is 35.9 Å². The second kappa shape index (κ2) is 7.81. The zero-order valence-corrected chi connectivity index (χ0v) is 14.8. The number of benzene rings is 1. The van der Waals surface area contributed by atoms with Gasteiger partial charge in [0.1, 0.15) is 0 Å². The summed E-state index contributed by atoms with van der Waals surface area (Å²) in [6.45, 7) is 5.55. The van der Waals surface area contributed by atoms with E-state index >= 15 is 0 Å². The molecule has 0 bridgehead atoms. The van der Waals surface area contributed by atoms with Gasteiger partial charge in [0.2, 0.25) is 0 Å². The minimum Gasteiger partial charge on any atom is -0.357 e. The van der Waals surface area contributed by atoms with Crippen molar-refractivity contribution >= 4 is 15.8 Å². The van der Waals surface area contributed by atoms with Crippen LogP contribution in [-0.4, -0.2) is 45.5 Å². The molecular weight excluding hydrogens is 310 g/mol. The van der Waals surface area contributed by atoms with Gasteiger partial charge in [-0.2, -0.15) is 0 Å². The monoisotopic (exact) mass is 337 g/mol. The molecule has 0 saturated heterocycles. The standard InChI is InChI=1S/C17H27N3O2S/c1-3-18-16(19-12-13-23(21,22)4-2)20-14-17(10-11-17)15-8-6-5-7-9-15/h5-9H,3-4,10-14H2,1-2H3,(H2,18,19,20). The molecule has 6 heteroatoms. The highest BCUT2D eigenvalue weighted by Gasteiger charge is 2.43. The highest BCUT2D eigenvalue weighted by molar-refractivity contribution is 7.91. The highest BCUT2D eigenvalue weighted by Crippen LogP contribution is 2.48. The lowest BCUT2D eigenvalue weighted by Gasteiger charge is -2.16. The van der Waals surface area contributed by atoms with Gasteiger partial charge in [-0.25, -0.2) is 8.42 Å². The van der Waals surface area contributed by atoms with E-state index < -0.39 is 9.84 Å². The van der Waals surface area contributed by atoms with Crippen LogP contribution in [0.2, 0.25) is 0 Å². The molecule has 0 heterocycles. The Labute approximate surface area is 139 Å². The normalized spacial score (nSPS) is 16.9. The number of hydrogen-bond acceptors (Lipinski definition) is 3. The molecule has 1 aliphatic rings. The van der Waals surface area contributed by atoms with Crippen LogP contribution in [0.1, 0.15) is 32.3 Å². The maximum atomic E-state index is 11.6. The van der Waals surface area contributed by atoms with E-state index in [1.165, 1.54) is 5.56 Å². The van der Waals surface area contributed by atoms with Gasteiger partial charge in [0.25, 0.3) is 0 Å². The Morgan fingerprint density at radius 3 is 2.43 bits per heavy atom. The van der Waals surface area contributed by atoms with E-state index in [9.17, 15) is 8.42 Å². The van der Waals surface area contributed by atoms with Gasteiger partial charge in [-0.15, -0.1) is 0 Å². The first-order valence-corrected chi connectivity index (χ1v) is 10.1. The van der Waals surface area contributed by atoms with Crippen LogP contribution >= 0.6 is 0 Å². The molecule has 1 aliphatic carbocycles. The topological polar surface area (TPSA) is 70.6 Å². The molecule has 2 rings (SSSR count). The Balaban J connectivity index is 1.94. The van der Waals surface area contributed by atoms with Crippen molar-refractivity contribution in [3.63, 3.8) is 0 Å². The van der Waals surface area contributed by atoms with Gasteiger partial charge in [0.05, 0.1) is 12.3 Å². The van der Waals surface area contributed by atoms with E-state index in [0.29, 0.717) is 12.5 Å². The first-order chi connectivity index (χ1) is 11.0. The number of nitrogens with one attached hydrogen (secondary N) is 2. The molecule has 0 atom stereocenters. The predicted molar refractivity (Wildman–Crippen MR) is 95.7 cm³/mol. The Hall–Kier alpha value is -1.56. The molecule has 1 saturated carbocycles. The van der Waals surface area contributed by atoms with Gasteiger partial charge in [-0.05, 0) is 25.3 Å². The number of nitrogens with zero attached hydrogens (tertiary/aromatic N) is 1. The van der Waals surface area contributed by atoms with E-state index in [-0.39, 0.29) is 16.9 Å². The third-order valence-corrected chi connectivity index (χ3v) is 5.97. The molecule has 0 aromatic heterocycles. The van der Waals surface area contributed by atoms with Crippen LogP contribution in [0.15, 0.2) is 35.3 Å². The summed E-state index contributed by atoms with van der Waals surface area (Å²) in [6.07, 6.45) is 2.31. The molecule has 0 unspecified atom stereocenters. The molecule has 0 amide bonds. The molecule has 1 aromatic rings. The van der Waals surface area contributed by atoms with Crippen LogP contribution in [0.4, 0.5) is 0 Å². The van der Waals surface area contributed by atoms with Crippen LogP contribution in [0.25, 0.3) is 0 Å². The third kappa shape index (κ3) is 5.23. The van der Waals surface area contributed by atoms with E-state index in [1.807, 2.05) is 13.0 Å². The van der Waals surface area contributed by atoms with Crippen molar-refractivity contribution < 1.29 is 8.42 Å². The van der Waals surface area contributed by atoms with Crippen molar-refractivity contribution in [1.82, 2.24) is 10.6 Å². The third-order valence-electron chi connectivity index (χ3n) is 4.27. The molecule has 128 valence electrons. The van der Waals surface area contributed by atoms with Gasteiger partial charge in [0.15, 0.2) is 15.8 Å². The fourth-order valence-corrected chi connectivity index (χ4v) is 3.22. The second-order valence-corrected chi connectivity index (χ2v) is 8.48. The SMILES string of the molecule is CCNC(=NCC1(c2ccccc2)CC1)NCCS(=O)(=O)CC. The first-order valence-electron chi connectivity index (χ1n) is 8.29. The lowest BCUT2D eigenvalue weighted by atomic mass is 9.96. The number of aliphatic imine (C=N–C) groups is 1. The Kier molecular flexibility index (Phi) is 6.04. The molecule has 5 nitrogen and oxygen atoms in total. The number of sulfone groups is 1. The van der Waals surface area contributed by atoms with E-state index in [2.05, 4.69) is 39.9 Å². The average molecular weight is 337 g/mol. The number of guanidine groups is 1. The summed E-state index contributed by atoms with van der Waals surface area (Å²) in [5, 5.41) is 6.31. The minimum atomic E-state index is -2.95. The van der Waals surface area contributed by atoms with Crippen LogP contribution in [0, 0.1) is 0 Å². The van der Waals surface area contributed by atoms with Crippen molar-refractivity contribution in [3.8, 4) is 0 Å². The van der Waals surface area contributed by atoms with Crippen LogP contribution in [0.3, 0.4) is 0 Å². The lowest BCUT2D eigenvalue weighted by Crippen LogP contribution is -2.40. The molecule has 23 heavy (non-hydrogen) atoms. The summed E-state index contributed by atoms with van der Waals surface area (Å²) >= 11 is 0. The largest absolute Gasteiger partial charge is 0.357 e. The lowest BCUT2D eigenvalue weighted by molar-refractivity contribution is 0.595. The van der Waals surface area contributed by atoms with Crippen molar-refractivity contribution in [2.24, 2.45) is 4.99 Å². The Morgan fingerprint density at radius 1 is 1.17 bits per heavy atom. The molecule has 0 aliphatic heterocycles.